The van der Waals surface area contributed by atoms with Gasteiger partial charge >= 0.3 is 0 Å². The number of fused-ring (bicyclic) bond motifs is 1. The lowest BCUT2D eigenvalue weighted by Gasteiger charge is -2.36. The molecule has 0 spiro atoms. The molecular formula is C22H24N6O2. The number of rotatable bonds is 4. The maximum absolute atomic E-state index is 10.1. The van der Waals surface area contributed by atoms with E-state index in [1.807, 2.05) is 24.3 Å². The van der Waals surface area contributed by atoms with Crippen LogP contribution in [0.25, 0.3) is 11.4 Å². The van der Waals surface area contributed by atoms with Gasteiger partial charge in [-0.2, -0.15) is 15.0 Å². The molecule has 154 valence electrons. The van der Waals surface area contributed by atoms with E-state index in [-0.39, 0.29) is 12.6 Å². The minimum absolute atomic E-state index is 0.0368. The molecule has 5 rings (SSSR count). The Labute approximate surface area is 175 Å². The lowest BCUT2D eigenvalue weighted by molar-refractivity contribution is 0.122. The van der Waals surface area contributed by atoms with Crippen LogP contribution >= 0.6 is 0 Å². The fraction of sp³-hybridized carbons (Fsp3) is 0.364. The minimum Gasteiger partial charge on any atom is -0.394 e. The second kappa shape index (κ2) is 8.33. The van der Waals surface area contributed by atoms with E-state index in [1.165, 1.54) is 11.1 Å². The van der Waals surface area contributed by atoms with Crippen molar-refractivity contribution < 1.29 is 9.84 Å². The summed E-state index contributed by atoms with van der Waals surface area (Å²) in [7, 11) is 0. The number of anilines is 2. The standard InChI is InChI=1S/C22H24N6O2/c29-15-19-12-16-4-1-2-5-18(16)14-28(19)22-25-20(17-6-3-7-23-13-17)24-21(26-22)27-8-10-30-11-9-27/h1-7,13,19,29H,8-12,14-15H2/t19-/m0/s1. The van der Waals surface area contributed by atoms with Gasteiger partial charge in [-0.15, -0.1) is 0 Å². The van der Waals surface area contributed by atoms with Gasteiger partial charge in [0.1, 0.15) is 0 Å². The molecule has 8 heteroatoms. The number of morpholine rings is 1. The van der Waals surface area contributed by atoms with E-state index in [1.54, 1.807) is 12.4 Å². The number of aliphatic hydroxyl groups is 1. The van der Waals surface area contributed by atoms with Gasteiger partial charge in [-0.1, -0.05) is 24.3 Å². The lowest BCUT2D eigenvalue weighted by atomic mass is 9.94. The maximum atomic E-state index is 10.1. The molecule has 1 aromatic carbocycles. The average molecular weight is 404 g/mol. The molecule has 0 radical (unpaired) electrons. The Hall–Kier alpha value is -3.10. The van der Waals surface area contributed by atoms with Crippen LogP contribution < -0.4 is 9.80 Å². The lowest BCUT2D eigenvalue weighted by Crippen LogP contribution is -2.44. The normalized spacial score (nSPS) is 18.9. The topological polar surface area (TPSA) is 87.5 Å². The predicted molar refractivity (Wildman–Crippen MR) is 113 cm³/mol. The number of pyridine rings is 1. The summed E-state index contributed by atoms with van der Waals surface area (Å²) in [6.45, 7) is 3.47. The third-order valence-corrected chi connectivity index (χ3v) is 5.65. The SMILES string of the molecule is OC[C@@H]1Cc2ccccc2CN1c1nc(-c2cccnc2)nc(N2CCOCC2)n1. The van der Waals surface area contributed by atoms with Gasteiger partial charge in [-0.3, -0.25) is 4.98 Å². The van der Waals surface area contributed by atoms with E-state index in [0.717, 1.165) is 25.1 Å². The summed E-state index contributed by atoms with van der Waals surface area (Å²) in [6, 6.07) is 12.1. The summed E-state index contributed by atoms with van der Waals surface area (Å²) in [5.41, 5.74) is 3.34. The molecule has 0 amide bonds. The molecule has 1 saturated heterocycles. The van der Waals surface area contributed by atoms with Crippen LogP contribution in [0, 0.1) is 0 Å². The Balaban J connectivity index is 1.58. The Kier molecular flexibility index (Phi) is 5.25. The molecule has 4 heterocycles. The highest BCUT2D eigenvalue weighted by atomic mass is 16.5. The fourth-order valence-corrected chi connectivity index (χ4v) is 4.00. The Morgan fingerprint density at radius 3 is 2.53 bits per heavy atom. The van der Waals surface area contributed by atoms with Crippen LogP contribution in [0.3, 0.4) is 0 Å². The molecule has 0 unspecified atom stereocenters. The molecule has 0 aliphatic carbocycles. The van der Waals surface area contributed by atoms with Crippen LogP contribution in [0.5, 0.6) is 0 Å². The minimum atomic E-state index is -0.0819. The molecule has 2 aromatic heterocycles. The Morgan fingerprint density at radius 2 is 1.77 bits per heavy atom. The maximum Gasteiger partial charge on any atom is 0.231 e. The number of hydrogen-bond donors (Lipinski definition) is 1. The van der Waals surface area contributed by atoms with Crippen LogP contribution in [0.4, 0.5) is 11.9 Å². The largest absolute Gasteiger partial charge is 0.394 e. The monoisotopic (exact) mass is 404 g/mol. The number of hydrogen-bond acceptors (Lipinski definition) is 8. The summed E-state index contributed by atoms with van der Waals surface area (Å²) < 4.78 is 5.49. The Morgan fingerprint density at radius 1 is 0.967 bits per heavy atom. The molecule has 3 aromatic rings. The summed E-state index contributed by atoms with van der Waals surface area (Å²) in [5, 5.41) is 10.1. The van der Waals surface area contributed by atoms with Crippen LogP contribution in [0.1, 0.15) is 11.1 Å². The van der Waals surface area contributed by atoms with Gasteiger partial charge in [0.15, 0.2) is 5.82 Å². The van der Waals surface area contributed by atoms with Gasteiger partial charge in [-0.25, -0.2) is 0 Å². The van der Waals surface area contributed by atoms with Crippen molar-refractivity contribution in [3.8, 4) is 11.4 Å². The van der Waals surface area contributed by atoms with Crippen LogP contribution in [0.2, 0.25) is 0 Å². The first-order chi connectivity index (χ1) is 14.8. The van der Waals surface area contributed by atoms with Crippen molar-refractivity contribution >= 4 is 11.9 Å². The van der Waals surface area contributed by atoms with Crippen LogP contribution in [-0.2, 0) is 17.7 Å². The third kappa shape index (κ3) is 3.71. The van der Waals surface area contributed by atoms with Crippen molar-refractivity contribution in [1.82, 2.24) is 19.9 Å². The summed E-state index contributed by atoms with van der Waals surface area (Å²) in [6.07, 6.45) is 4.25. The molecule has 1 fully saturated rings. The van der Waals surface area contributed by atoms with E-state index in [9.17, 15) is 5.11 Å². The molecule has 1 atom stereocenters. The van der Waals surface area contributed by atoms with Gasteiger partial charge in [-0.05, 0) is 29.7 Å². The van der Waals surface area contributed by atoms with Crippen LogP contribution in [-0.4, -0.2) is 64.0 Å². The van der Waals surface area contributed by atoms with Crippen molar-refractivity contribution in [3.63, 3.8) is 0 Å². The van der Waals surface area contributed by atoms with E-state index in [0.29, 0.717) is 37.5 Å². The second-order valence-electron chi connectivity index (χ2n) is 7.54. The molecule has 0 saturated carbocycles. The summed E-state index contributed by atoms with van der Waals surface area (Å²) >= 11 is 0. The van der Waals surface area contributed by atoms with Crippen molar-refractivity contribution in [2.24, 2.45) is 0 Å². The number of nitrogens with zero attached hydrogens (tertiary/aromatic N) is 6. The van der Waals surface area contributed by atoms with Crippen molar-refractivity contribution in [2.75, 3.05) is 42.7 Å². The molecular weight excluding hydrogens is 380 g/mol. The highest BCUT2D eigenvalue weighted by Gasteiger charge is 2.29. The number of ether oxygens (including phenoxy) is 1. The zero-order chi connectivity index (χ0) is 20.3. The van der Waals surface area contributed by atoms with Gasteiger partial charge in [0, 0.05) is 37.6 Å². The molecule has 30 heavy (non-hydrogen) atoms. The molecule has 0 bridgehead atoms. The zero-order valence-corrected chi connectivity index (χ0v) is 16.7. The molecule has 1 N–H and O–H groups in total. The first-order valence-corrected chi connectivity index (χ1v) is 10.3. The van der Waals surface area contributed by atoms with E-state index in [2.05, 4.69) is 26.9 Å². The first kappa shape index (κ1) is 18.9. The van der Waals surface area contributed by atoms with Gasteiger partial charge in [0.2, 0.25) is 11.9 Å². The van der Waals surface area contributed by atoms with Gasteiger partial charge < -0.3 is 19.6 Å². The van der Waals surface area contributed by atoms with Crippen molar-refractivity contribution in [2.45, 2.75) is 19.0 Å². The van der Waals surface area contributed by atoms with Gasteiger partial charge in [0.25, 0.3) is 0 Å². The highest BCUT2D eigenvalue weighted by Crippen LogP contribution is 2.29. The average Bonchev–Trinajstić information content (AvgIpc) is 2.84. The first-order valence-electron chi connectivity index (χ1n) is 10.3. The van der Waals surface area contributed by atoms with Crippen LogP contribution in [0.15, 0.2) is 48.8 Å². The quantitative estimate of drug-likeness (QED) is 0.703. The second-order valence-corrected chi connectivity index (χ2v) is 7.54. The summed E-state index contributed by atoms with van der Waals surface area (Å²) in [4.78, 5) is 22.8. The fourth-order valence-electron chi connectivity index (χ4n) is 4.00. The highest BCUT2D eigenvalue weighted by molar-refractivity contribution is 5.58. The number of aliphatic hydroxyl groups excluding tert-OH is 1. The van der Waals surface area contributed by atoms with Crippen molar-refractivity contribution in [3.05, 3.63) is 59.9 Å². The zero-order valence-electron chi connectivity index (χ0n) is 16.7. The Bertz CT molecular complexity index is 1010. The van der Waals surface area contributed by atoms with E-state index < -0.39 is 0 Å². The van der Waals surface area contributed by atoms with Crippen molar-refractivity contribution in [1.29, 1.82) is 0 Å². The number of aromatic nitrogens is 4. The van der Waals surface area contributed by atoms with Gasteiger partial charge in [0.05, 0.1) is 25.9 Å². The molecule has 2 aliphatic rings. The molecule has 2 aliphatic heterocycles. The smallest absolute Gasteiger partial charge is 0.231 e. The predicted octanol–water partition coefficient (Wildman–Crippen LogP) is 1.69. The summed E-state index contributed by atoms with van der Waals surface area (Å²) in [5.74, 6) is 1.81. The molecule has 8 nitrogen and oxygen atoms in total. The van der Waals surface area contributed by atoms with E-state index in [4.69, 9.17) is 19.7 Å². The third-order valence-electron chi connectivity index (χ3n) is 5.65. The number of benzene rings is 1. The van der Waals surface area contributed by atoms with E-state index >= 15 is 0 Å².